The summed E-state index contributed by atoms with van der Waals surface area (Å²) in [4.78, 5) is 16.3. The number of benzene rings is 2. The standard InChI is InChI=1S/C27H26N8O/c1-3-18(28-9-1)26-30-13-20(33-26)15-5-7-22-24(11-15)36-23-8-6-16(17-12-32-35(22)25(17)23)21-14-31-27(34-21)19-4-2-10-29-19/h5-8,11-14,18-19,28-29H,1-4,9-10H2,(H,30,33)(H,31,34)/t18-,19-/m0/s1. The average molecular weight is 479 g/mol. The molecule has 9 heteroatoms. The fourth-order valence-corrected chi connectivity index (χ4v) is 5.81. The van der Waals surface area contributed by atoms with E-state index in [4.69, 9.17) is 9.84 Å². The Labute approximate surface area is 207 Å². The van der Waals surface area contributed by atoms with Crippen LogP contribution in [-0.2, 0) is 0 Å². The van der Waals surface area contributed by atoms with Gasteiger partial charge in [0.05, 0.1) is 42.1 Å². The van der Waals surface area contributed by atoms with Gasteiger partial charge in [0.1, 0.15) is 22.9 Å². The Bertz CT molecular complexity index is 1600. The summed E-state index contributed by atoms with van der Waals surface area (Å²) in [7, 11) is 0. The van der Waals surface area contributed by atoms with E-state index in [1.54, 1.807) is 0 Å². The molecule has 9 nitrogen and oxygen atoms in total. The summed E-state index contributed by atoms with van der Waals surface area (Å²) in [6, 6.07) is 11.0. The molecule has 0 radical (unpaired) electrons. The largest absolute Gasteiger partial charge is 0.453 e. The number of rotatable bonds is 4. The van der Waals surface area contributed by atoms with E-state index in [0.29, 0.717) is 12.1 Å². The number of nitrogens with one attached hydrogen (secondary N) is 4. The zero-order valence-electron chi connectivity index (χ0n) is 19.7. The third-order valence-corrected chi connectivity index (χ3v) is 7.67. The summed E-state index contributed by atoms with van der Waals surface area (Å²) in [5.41, 5.74) is 6.00. The Kier molecular flexibility index (Phi) is 4.38. The van der Waals surface area contributed by atoms with Crippen LogP contribution in [0.5, 0.6) is 11.5 Å². The van der Waals surface area contributed by atoms with Crippen LogP contribution in [0.25, 0.3) is 39.1 Å². The predicted molar refractivity (Wildman–Crippen MR) is 136 cm³/mol. The zero-order chi connectivity index (χ0) is 23.6. The molecule has 4 N–H and O–H groups in total. The molecule has 2 fully saturated rings. The van der Waals surface area contributed by atoms with Crippen molar-refractivity contribution in [2.45, 2.75) is 37.8 Å². The van der Waals surface area contributed by atoms with Gasteiger partial charge in [-0.25, -0.2) is 14.6 Å². The topological polar surface area (TPSA) is 108 Å². The van der Waals surface area contributed by atoms with E-state index in [0.717, 1.165) is 88.2 Å². The van der Waals surface area contributed by atoms with Gasteiger partial charge in [-0.15, -0.1) is 0 Å². The van der Waals surface area contributed by atoms with Crippen LogP contribution in [0.1, 0.15) is 49.4 Å². The molecule has 3 aromatic heterocycles. The summed E-state index contributed by atoms with van der Waals surface area (Å²) in [6.45, 7) is 2.09. The Morgan fingerprint density at radius 2 is 1.56 bits per heavy atom. The highest BCUT2D eigenvalue weighted by molar-refractivity contribution is 5.99. The van der Waals surface area contributed by atoms with Gasteiger partial charge < -0.3 is 25.3 Å². The van der Waals surface area contributed by atoms with Crippen LogP contribution in [0.3, 0.4) is 0 Å². The minimum Gasteiger partial charge on any atom is -0.453 e. The Morgan fingerprint density at radius 1 is 0.806 bits per heavy atom. The van der Waals surface area contributed by atoms with Crippen molar-refractivity contribution < 1.29 is 4.74 Å². The first-order valence-electron chi connectivity index (χ1n) is 12.7. The van der Waals surface area contributed by atoms with Crippen LogP contribution in [0, 0.1) is 0 Å². The molecule has 0 spiro atoms. The number of hydrogen-bond donors (Lipinski definition) is 4. The Hall–Kier alpha value is -3.95. The molecule has 6 heterocycles. The van der Waals surface area contributed by atoms with Crippen LogP contribution < -0.4 is 15.4 Å². The van der Waals surface area contributed by atoms with E-state index in [2.05, 4.69) is 54.8 Å². The van der Waals surface area contributed by atoms with Gasteiger partial charge in [0.25, 0.3) is 0 Å². The van der Waals surface area contributed by atoms with E-state index in [1.807, 2.05) is 29.3 Å². The quantitative estimate of drug-likeness (QED) is 0.291. The Morgan fingerprint density at radius 3 is 2.31 bits per heavy atom. The van der Waals surface area contributed by atoms with Gasteiger partial charge in [0.15, 0.2) is 11.5 Å². The van der Waals surface area contributed by atoms with Crippen LogP contribution in [0.2, 0.25) is 0 Å². The van der Waals surface area contributed by atoms with Gasteiger partial charge in [-0.05, 0) is 63.0 Å². The fourth-order valence-electron chi connectivity index (χ4n) is 5.81. The summed E-state index contributed by atoms with van der Waals surface area (Å²) in [6.07, 6.45) is 10.4. The summed E-state index contributed by atoms with van der Waals surface area (Å²) in [5.74, 6) is 3.58. The number of fused-ring (bicyclic) bond motifs is 2. The van der Waals surface area contributed by atoms with Crippen LogP contribution >= 0.6 is 0 Å². The summed E-state index contributed by atoms with van der Waals surface area (Å²) in [5, 5.41) is 12.8. The maximum absolute atomic E-state index is 6.41. The van der Waals surface area contributed by atoms with E-state index >= 15 is 0 Å². The first-order valence-corrected chi connectivity index (χ1v) is 12.7. The molecule has 0 amide bonds. The molecule has 0 saturated carbocycles. The minimum atomic E-state index is 0.305. The molecule has 0 bridgehead atoms. The van der Waals surface area contributed by atoms with Crippen molar-refractivity contribution in [2.75, 3.05) is 13.1 Å². The maximum atomic E-state index is 6.41. The molecular weight excluding hydrogens is 452 g/mol. The lowest BCUT2D eigenvalue weighted by molar-refractivity contribution is 0.472. The SMILES string of the molecule is c1cc2c(cc1-c1cnc([C@@H]3CCCN3)[nH]1)Oc1ccc(-c3cnc([C@@H]4CCCN4)[nH]3)c3cnn-2c13. The molecule has 0 unspecified atom stereocenters. The van der Waals surface area contributed by atoms with Crippen molar-refractivity contribution in [3.8, 4) is 39.7 Å². The lowest BCUT2D eigenvalue weighted by atomic mass is 10.1. The van der Waals surface area contributed by atoms with Crippen LogP contribution in [0.4, 0.5) is 0 Å². The number of aromatic amines is 2. The fraction of sp³-hybridized carbons (Fsp3) is 0.296. The normalized spacial score (nSPS) is 20.7. The molecule has 3 aliphatic rings. The molecule has 5 aromatic rings. The monoisotopic (exact) mass is 478 g/mol. The van der Waals surface area contributed by atoms with Gasteiger partial charge in [0.2, 0.25) is 0 Å². The maximum Gasteiger partial charge on any atom is 0.153 e. The van der Waals surface area contributed by atoms with Crippen molar-refractivity contribution in [2.24, 2.45) is 0 Å². The van der Waals surface area contributed by atoms with E-state index in [9.17, 15) is 0 Å². The predicted octanol–water partition coefficient (Wildman–Crippen LogP) is 4.76. The summed E-state index contributed by atoms with van der Waals surface area (Å²) >= 11 is 0. The molecule has 2 atom stereocenters. The molecule has 180 valence electrons. The number of imidazole rings is 2. The zero-order valence-corrected chi connectivity index (χ0v) is 19.7. The molecule has 8 rings (SSSR count). The number of nitrogens with zero attached hydrogens (tertiary/aromatic N) is 4. The second kappa shape index (κ2) is 7.78. The smallest absolute Gasteiger partial charge is 0.153 e. The van der Waals surface area contributed by atoms with E-state index in [1.165, 1.54) is 12.8 Å². The highest BCUT2D eigenvalue weighted by atomic mass is 16.5. The third kappa shape index (κ3) is 3.06. The van der Waals surface area contributed by atoms with E-state index in [-0.39, 0.29) is 0 Å². The minimum absolute atomic E-state index is 0.305. The number of hydrogen-bond acceptors (Lipinski definition) is 6. The molecule has 2 saturated heterocycles. The van der Waals surface area contributed by atoms with Crippen molar-refractivity contribution in [1.82, 2.24) is 40.3 Å². The lowest BCUT2D eigenvalue weighted by Crippen LogP contribution is -2.14. The molecule has 0 aliphatic carbocycles. The van der Waals surface area contributed by atoms with Crippen molar-refractivity contribution in [3.63, 3.8) is 0 Å². The van der Waals surface area contributed by atoms with Crippen molar-refractivity contribution in [1.29, 1.82) is 0 Å². The second-order valence-electron chi connectivity index (χ2n) is 9.88. The van der Waals surface area contributed by atoms with Gasteiger partial charge in [-0.2, -0.15) is 5.10 Å². The van der Waals surface area contributed by atoms with Crippen LogP contribution in [-0.4, -0.2) is 42.8 Å². The van der Waals surface area contributed by atoms with Crippen molar-refractivity contribution >= 4 is 10.9 Å². The molecule has 2 aromatic carbocycles. The number of aromatic nitrogens is 6. The van der Waals surface area contributed by atoms with Crippen LogP contribution in [0.15, 0.2) is 48.9 Å². The lowest BCUT2D eigenvalue weighted by Gasteiger charge is -2.20. The highest BCUT2D eigenvalue weighted by Crippen LogP contribution is 2.44. The molecule has 3 aliphatic heterocycles. The molecular formula is C27H26N8O. The van der Waals surface area contributed by atoms with Gasteiger partial charge in [-0.1, -0.05) is 6.07 Å². The number of H-pyrrole nitrogens is 2. The highest BCUT2D eigenvalue weighted by Gasteiger charge is 2.26. The van der Waals surface area contributed by atoms with Gasteiger partial charge in [0, 0.05) is 16.5 Å². The van der Waals surface area contributed by atoms with Crippen molar-refractivity contribution in [3.05, 3.63) is 60.6 Å². The Balaban J connectivity index is 1.15. The second-order valence-corrected chi connectivity index (χ2v) is 9.88. The first kappa shape index (κ1) is 20.3. The number of ether oxygens (including phenoxy) is 1. The summed E-state index contributed by atoms with van der Waals surface area (Å²) < 4.78 is 8.39. The first-order chi connectivity index (χ1) is 17.8. The average Bonchev–Trinajstić information content (AvgIpc) is 3.74. The molecule has 36 heavy (non-hydrogen) atoms. The van der Waals surface area contributed by atoms with Gasteiger partial charge in [-0.3, -0.25) is 0 Å². The van der Waals surface area contributed by atoms with Gasteiger partial charge >= 0.3 is 0 Å². The third-order valence-electron chi connectivity index (χ3n) is 7.67. The van der Waals surface area contributed by atoms with E-state index < -0.39 is 0 Å².